The van der Waals surface area contributed by atoms with Crippen LogP contribution in [-0.4, -0.2) is 10.2 Å². The van der Waals surface area contributed by atoms with Gasteiger partial charge in [-0.2, -0.15) is 0 Å². The Morgan fingerprint density at radius 2 is 1.92 bits per heavy atom. The average Bonchev–Trinajstić information content (AvgIpc) is 2.98. The van der Waals surface area contributed by atoms with Gasteiger partial charge in [-0.3, -0.25) is 0 Å². The summed E-state index contributed by atoms with van der Waals surface area (Å²) >= 11 is 9.08. The molecule has 1 heterocycles. The van der Waals surface area contributed by atoms with Crippen LogP contribution in [0.15, 0.2) is 45.3 Å². The summed E-state index contributed by atoms with van der Waals surface area (Å²) in [5.74, 6) is -0.0308. The molecule has 7 heteroatoms. The third-order valence-corrected chi connectivity index (χ3v) is 4.12. The summed E-state index contributed by atoms with van der Waals surface area (Å²) in [5.41, 5.74) is 1.48. The van der Waals surface area contributed by atoms with E-state index in [4.69, 9.17) is 16.0 Å². The minimum atomic E-state index is -0.400. The number of nitrogens with zero attached hydrogens (tertiary/aromatic N) is 2. The first-order chi connectivity index (χ1) is 11.5. The largest absolute Gasteiger partial charge is 0.421 e. The van der Waals surface area contributed by atoms with Crippen LogP contribution in [0.5, 0.6) is 0 Å². The van der Waals surface area contributed by atoms with Crippen LogP contribution in [0.25, 0.3) is 12.2 Å². The quantitative estimate of drug-likeness (QED) is 0.567. The van der Waals surface area contributed by atoms with Crippen LogP contribution < -0.4 is 0 Å². The zero-order chi connectivity index (χ0) is 17.1. The van der Waals surface area contributed by atoms with E-state index in [2.05, 4.69) is 26.1 Å². The van der Waals surface area contributed by atoms with Crippen LogP contribution in [0.1, 0.15) is 22.9 Å². The van der Waals surface area contributed by atoms with Gasteiger partial charge in [0.05, 0.1) is 15.9 Å². The van der Waals surface area contributed by atoms with Gasteiger partial charge in [0, 0.05) is 6.08 Å². The summed E-state index contributed by atoms with van der Waals surface area (Å²) in [4.78, 5) is 0. The van der Waals surface area contributed by atoms with E-state index in [1.54, 1.807) is 30.4 Å². The first-order valence-corrected chi connectivity index (χ1v) is 8.08. The molecule has 1 aromatic heterocycles. The maximum absolute atomic E-state index is 13.2. The summed E-state index contributed by atoms with van der Waals surface area (Å²) in [7, 11) is 0. The van der Waals surface area contributed by atoms with Crippen LogP contribution in [-0.2, 0) is 6.42 Å². The molecule has 122 valence electrons. The first kappa shape index (κ1) is 16.8. The molecule has 0 spiro atoms. The second-order valence-corrected chi connectivity index (χ2v) is 6.22. The molecule has 3 aromatic rings. The molecule has 0 saturated carbocycles. The van der Waals surface area contributed by atoms with E-state index < -0.39 is 5.82 Å². The molecule has 24 heavy (non-hydrogen) atoms. The molecule has 0 N–H and O–H groups in total. The Bertz CT molecular complexity index is 911. The first-order valence-electron chi connectivity index (χ1n) is 6.91. The van der Waals surface area contributed by atoms with Gasteiger partial charge in [-0.15, -0.1) is 10.2 Å². The minimum absolute atomic E-state index is 0.294. The van der Waals surface area contributed by atoms with Crippen molar-refractivity contribution < 1.29 is 13.2 Å². The normalized spacial score (nSPS) is 11.3. The highest BCUT2D eigenvalue weighted by molar-refractivity contribution is 9.10. The Balaban J connectivity index is 1.73. The van der Waals surface area contributed by atoms with Gasteiger partial charge >= 0.3 is 0 Å². The molecule has 0 unspecified atom stereocenters. The fourth-order valence-corrected chi connectivity index (χ4v) is 2.68. The molecule has 2 aromatic carbocycles. The molecule has 0 saturated heterocycles. The van der Waals surface area contributed by atoms with Gasteiger partial charge in [-0.25, -0.2) is 8.78 Å². The molecular formula is C17H10BrClF2N2O. The molecule has 0 fully saturated rings. The van der Waals surface area contributed by atoms with Crippen molar-refractivity contribution in [2.75, 3.05) is 0 Å². The van der Waals surface area contributed by atoms with E-state index in [0.29, 0.717) is 33.3 Å². The number of benzene rings is 2. The highest BCUT2D eigenvalue weighted by Gasteiger charge is 2.07. The molecule has 0 aliphatic rings. The smallest absolute Gasteiger partial charge is 0.240 e. The highest BCUT2D eigenvalue weighted by atomic mass is 79.9. The van der Waals surface area contributed by atoms with Crippen molar-refractivity contribution in [2.45, 2.75) is 6.42 Å². The van der Waals surface area contributed by atoms with Crippen LogP contribution in [0, 0.1) is 11.6 Å². The highest BCUT2D eigenvalue weighted by Crippen LogP contribution is 2.21. The van der Waals surface area contributed by atoms with Gasteiger partial charge in [-0.05, 0) is 57.4 Å². The molecule has 3 rings (SSSR count). The molecule has 0 aliphatic heterocycles. The van der Waals surface area contributed by atoms with Gasteiger partial charge in [0.2, 0.25) is 11.8 Å². The van der Waals surface area contributed by atoms with Crippen LogP contribution in [0.3, 0.4) is 0 Å². The fraction of sp³-hybridized carbons (Fsp3) is 0.0588. The van der Waals surface area contributed by atoms with Crippen molar-refractivity contribution in [2.24, 2.45) is 0 Å². The molecular weight excluding hydrogens is 402 g/mol. The van der Waals surface area contributed by atoms with Crippen LogP contribution in [0.2, 0.25) is 5.02 Å². The summed E-state index contributed by atoms with van der Waals surface area (Å²) in [6.07, 6.45) is 3.64. The third-order valence-electron chi connectivity index (χ3n) is 3.19. The van der Waals surface area contributed by atoms with Gasteiger partial charge in [0.15, 0.2) is 0 Å². The van der Waals surface area contributed by atoms with Crippen LogP contribution >= 0.6 is 27.5 Å². The van der Waals surface area contributed by atoms with Gasteiger partial charge in [-0.1, -0.05) is 23.7 Å². The fourth-order valence-electron chi connectivity index (χ4n) is 2.03. The van der Waals surface area contributed by atoms with E-state index in [1.165, 1.54) is 18.2 Å². The summed E-state index contributed by atoms with van der Waals surface area (Å²) < 4.78 is 32.1. The molecule has 0 atom stereocenters. The minimum Gasteiger partial charge on any atom is -0.421 e. The molecule has 0 radical (unpaired) electrons. The zero-order valence-corrected chi connectivity index (χ0v) is 14.5. The Labute approximate surface area is 150 Å². The maximum Gasteiger partial charge on any atom is 0.240 e. The van der Waals surface area contributed by atoms with E-state index in [1.807, 2.05) is 0 Å². The third kappa shape index (κ3) is 4.07. The maximum atomic E-state index is 13.2. The lowest BCUT2D eigenvalue weighted by atomic mass is 10.1. The Morgan fingerprint density at radius 3 is 2.67 bits per heavy atom. The van der Waals surface area contributed by atoms with E-state index in [-0.39, 0.29) is 5.82 Å². The second-order valence-electron chi connectivity index (χ2n) is 4.96. The van der Waals surface area contributed by atoms with Gasteiger partial charge < -0.3 is 4.42 Å². The number of aromatic nitrogens is 2. The van der Waals surface area contributed by atoms with Crippen molar-refractivity contribution in [3.05, 3.63) is 80.4 Å². The summed E-state index contributed by atoms with van der Waals surface area (Å²) in [6.45, 7) is 0. The number of rotatable bonds is 4. The topological polar surface area (TPSA) is 38.9 Å². The Morgan fingerprint density at radius 1 is 1.08 bits per heavy atom. The van der Waals surface area contributed by atoms with Crippen LogP contribution in [0.4, 0.5) is 8.78 Å². The molecule has 0 bridgehead atoms. The molecule has 3 nitrogen and oxygen atoms in total. The number of hydrogen-bond donors (Lipinski definition) is 0. The van der Waals surface area contributed by atoms with E-state index >= 15 is 0 Å². The summed E-state index contributed by atoms with van der Waals surface area (Å²) in [5, 5.41) is 8.14. The van der Waals surface area contributed by atoms with E-state index in [9.17, 15) is 8.78 Å². The SMILES string of the molecule is Fc1ccc(/C=C/c2nnc(Cc3ccc(F)c(Br)c3)o2)c(Cl)c1. The van der Waals surface area contributed by atoms with Crippen molar-refractivity contribution in [3.63, 3.8) is 0 Å². The predicted octanol–water partition coefficient (Wildman–Crippen LogP) is 5.52. The average molecular weight is 412 g/mol. The molecule has 0 aliphatic carbocycles. The lowest BCUT2D eigenvalue weighted by molar-refractivity contribution is 0.496. The van der Waals surface area contributed by atoms with E-state index in [0.717, 1.165) is 5.56 Å². The summed E-state index contributed by atoms with van der Waals surface area (Å²) in [6, 6.07) is 8.78. The molecule has 0 amide bonds. The predicted molar refractivity (Wildman–Crippen MR) is 91.5 cm³/mol. The number of halogens is 4. The lowest BCUT2D eigenvalue weighted by Crippen LogP contribution is -1.89. The van der Waals surface area contributed by atoms with Crippen molar-refractivity contribution >= 4 is 39.7 Å². The van der Waals surface area contributed by atoms with Crippen molar-refractivity contribution in [1.82, 2.24) is 10.2 Å². The second kappa shape index (κ2) is 7.23. The zero-order valence-electron chi connectivity index (χ0n) is 12.1. The monoisotopic (exact) mass is 410 g/mol. The standard InChI is InChI=1S/C17H10BrClF2N2O/c18-13-7-10(1-5-15(13)21)8-17-23-22-16(24-17)6-3-11-2-4-12(20)9-14(11)19/h1-7,9H,8H2/b6-3+. The number of hydrogen-bond acceptors (Lipinski definition) is 3. The van der Waals surface area contributed by atoms with Gasteiger partial charge in [0.25, 0.3) is 0 Å². The van der Waals surface area contributed by atoms with Crippen molar-refractivity contribution in [1.29, 1.82) is 0 Å². The Kier molecular flexibility index (Phi) is 5.06. The van der Waals surface area contributed by atoms with Crippen molar-refractivity contribution in [3.8, 4) is 0 Å². The lowest BCUT2D eigenvalue weighted by Gasteiger charge is -1.99. The Hall–Kier alpha value is -2.05. The van der Waals surface area contributed by atoms with Gasteiger partial charge in [0.1, 0.15) is 11.6 Å².